The highest BCUT2D eigenvalue weighted by molar-refractivity contribution is 9.08. The Labute approximate surface area is 271 Å². The number of carbonyl (C=O) groups is 2. The second-order valence-corrected chi connectivity index (χ2v) is 22.6. The van der Waals surface area contributed by atoms with E-state index in [-0.39, 0.29) is 0 Å². The number of benzene rings is 4. The maximum absolute atomic E-state index is 14.1. The standard InChI is InChI=1S/C36H40BrNO4Si2/c1-35(2,3)43(27-19-11-7-12-20-27,28-21-13-8-14-22-28)41-31-32(34(40)38(37)33(31)39)42-44(36(4,5)6,29-23-15-9-16-24-29)30-25-17-10-18-26-30/h7-26,31-32H,1-6H3. The quantitative estimate of drug-likeness (QED) is 0.139. The van der Waals surface area contributed by atoms with E-state index in [1.807, 2.05) is 72.8 Å². The van der Waals surface area contributed by atoms with Crippen molar-refractivity contribution in [3.05, 3.63) is 121 Å². The predicted molar refractivity (Wildman–Crippen MR) is 186 cm³/mol. The summed E-state index contributed by atoms with van der Waals surface area (Å²) in [5, 5.41) is 3.29. The second-order valence-electron chi connectivity index (χ2n) is 13.4. The van der Waals surface area contributed by atoms with Gasteiger partial charge in [-0.15, -0.1) is 0 Å². The first-order valence-corrected chi connectivity index (χ1v) is 19.5. The highest BCUT2D eigenvalue weighted by atomic mass is 79.9. The molecule has 2 amide bonds. The molecule has 1 fully saturated rings. The molecule has 4 aromatic rings. The van der Waals surface area contributed by atoms with Gasteiger partial charge < -0.3 is 8.85 Å². The molecule has 1 heterocycles. The monoisotopic (exact) mass is 685 g/mol. The highest BCUT2D eigenvalue weighted by Crippen LogP contribution is 2.42. The van der Waals surface area contributed by atoms with Crippen molar-refractivity contribution in [3.63, 3.8) is 0 Å². The fraction of sp³-hybridized carbons (Fsp3) is 0.278. The second kappa shape index (κ2) is 12.3. The number of hydrogen-bond donors (Lipinski definition) is 0. The number of nitrogens with zero attached hydrogens (tertiary/aromatic N) is 1. The lowest BCUT2D eigenvalue weighted by atomic mass is 10.2. The van der Waals surface area contributed by atoms with E-state index in [1.54, 1.807) is 0 Å². The van der Waals surface area contributed by atoms with Gasteiger partial charge in [0.05, 0.1) is 16.1 Å². The van der Waals surface area contributed by atoms with Gasteiger partial charge in [-0.1, -0.05) is 163 Å². The van der Waals surface area contributed by atoms with Crippen LogP contribution in [0, 0.1) is 0 Å². The summed E-state index contributed by atoms with van der Waals surface area (Å²) in [5.74, 6) is -0.906. The van der Waals surface area contributed by atoms with Crippen LogP contribution in [0.25, 0.3) is 0 Å². The van der Waals surface area contributed by atoms with Gasteiger partial charge in [0.1, 0.15) is 0 Å². The van der Waals surface area contributed by atoms with E-state index in [1.165, 1.54) is 0 Å². The number of hydrogen-bond acceptors (Lipinski definition) is 4. The van der Waals surface area contributed by atoms with Crippen LogP contribution in [0.2, 0.25) is 10.1 Å². The number of amides is 2. The molecule has 4 aromatic carbocycles. The fourth-order valence-electron chi connectivity index (χ4n) is 6.58. The zero-order valence-electron chi connectivity index (χ0n) is 26.2. The van der Waals surface area contributed by atoms with Crippen molar-refractivity contribution >= 4 is 65.3 Å². The van der Waals surface area contributed by atoms with Gasteiger partial charge in [-0.2, -0.15) is 0 Å². The van der Waals surface area contributed by atoms with Crippen LogP contribution in [-0.4, -0.2) is 44.6 Å². The molecule has 5 rings (SSSR count). The Hall–Kier alpha value is -3.15. The summed E-state index contributed by atoms with van der Waals surface area (Å²) >= 11 is 3.30. The summed E-state index contributed by atoms with van der Waals surface area (Å²) in [5.41, 5.74) is 0. The van der Waals surface area contributed by atoms with Gasteiger partial charge in [-0.3, -0.25) is 9.59 Å². The third kappa shape index (κ3) is 5.47. The van der Waals surface area contributed by atoms with Crippen LogP contribution in [0.15, 0.2) is 121 Å². The van der Waals surface area contributed by atoms with Crippen molar-refractivity contribution in [3.8, 4) is 0 Å². The molecule has 2 unspecified atom stereocenters. The number of imide groups is 1. The lowest BCUT2D eigenvalue weighted by Crippen LogP contribution is -2.71. The Kier molecular flexibility index (Phi) is 9.04. The normalized spacial score (nSPS) is 18.1. The third-order valence-corrected chi connectivity index (χ3v) is 19.3. The molecule has 0 aromatic heterocycles. The molecule has 5 nitrogen and oxygen atoms in total. The van der Waals surface area contributed by atoms with E-state index >= 15 is 0 Å². The Bertz CT molecular complexity index is 1390. The molecule has 0 spiro atoms. The van der Waals surface area contributed by atoms with E-state index in [0.29, 0.717) is 0 Å². The van der Waals surface area contributed by atoms with Crippen LogP contribution in [0.3, 0.4) is 0 Å². The van der Waals surface area contributed by atoms with Gasteiger partial charge in [0.2, 0.25) is 0 Å². The third-order valence-electron chi connectivity index (χ3n) is 8.59. The first-order valence-electron chi connectivity index (χ1n) is 15.0. The maximum atomic E-state index is 14.1. The Morgan fingerprint density at radius 3 is 0.932 bits per heavy atom. The first-order chi connectivity index (χ1) is 20.8. The van der Waals surface area contributed by atoms with Gasteiger partial charge in [0, 0.05) is 0 Å². The van der Waals surface area contributed by atoms with Crippen molar-refractivity contribution in [2.75, 3.05) is 0 Å². The molecular formula is C36H40BrNO4Si2. The van der Waals surface area contributed by atoms with Crippen molar-refractivity contribution in [1.82, 2.24) is 3.93 Å². The molecular weight excluding hydrogens is 646 g/mol. The highest BCUT2D eigenvalue weighted by Gasteiger charge is 2.61. The van der Waals surface area contributed by atoms with Gasteiger partial charge in [-0.05, 0) is 30.8 Å². The number of halogens is 1. The minimum atomic E-state index is -3.22. The van der Waals surface area contributed by atoms with Gasteiger partial charge in [-0.25, -0.2) is 3.93 Å². The smallest absolute Gasteiger partial charge is 0.270 e. The molecule has 0 N–H and O–H groups in total. The Morgan fingerprint density at radius 2 is 0.727 bits per heavy atom. The van der Waals surface area contributed by atoms with E-state index in [9.17, 15) is 9.59 Å². The fourth-order valence-corrected chi connectivity index (χ4v) is 16.2. The van der Waals surface area contributed by atoms with Crippen LogP contribution < -0.4 is 20.7 Å². The van der Waals surface area contributed by atoms with E-state index in [2.05, 4.69) is 106 Å². The summed E-state index contributed by atoms with van der Waals surface area (Å²) in [6.45, 7) is 12.9. The average Bonchev–Trinajstić information content (AvgIpc) is 3.21. The van der Waals surface area contributed by atoms with Crippen molar-refractivity contribution in [2.45, 2.75) is 63.8 Å². The van der Waals surface area contributed by atoms with Crippen LogP contribution in [0.1, 0.15) is 41.5 Å². The largest absolute Gasteiger partial charge is 0.393 e. The van der Waals surface area contributed by atoms with Gasteiger partial charge in [0.15, 0.2) is 12.2 Å². The van der Waals surface area contributed by atoms with E-state index in [0.717, 1.165) is 24.7 Å². The molecule has 1 saturated heterocycles. The van der Waals surface area contributed by atoms with Crippen molar-refractivity contribution in [2.24, 2.45) is 0 Å². The van der Waals surface area contributed by atoms with Crippen LogP contribution in [0.4, 0.5) is 0 Å². The van der Waals surface area contributed by atoms with E-state index in [4.69, 9.17) is 8.85 Å². The molecule has 228 valence electrons. The molecule has 1 aliphatic heterocycles. The molecule has 0 aliphatic carbocycles. The molecule has 2 atom stereocenters. The minimum absolute atomic E-state index is 0.402. The lowest BCUT2D eigenvalue weighted by molar-refractivity contribution is -0.133. The predicted octanol–water partition coefficient (Wildman–Crippen LogP) is 5.56. The molecule has 0 bridgehead atoms. The zero-order valence-corrected chi connectivity index (χ0v) is 29.7. The van der Waals surface area contributed by atoms with Crippen molar-refractivity contribution in [1.29, 1.82) is 0 Å². The average molecular weight is 687 g/mol. The Morgan fingerprint density at radius 1 is 0.500 bits per heavy atom. The topological polar surface area (TPSA) is 55.8 Å². The maximum Gasteiger partial charge on any atom is 0.270 e. The zero-order chi connectivity index (χ0) is 31.8. The first kappa shape index (κ1) is 32.3. The minimum Gasteiger partial charge on any atom is -0.393 e. The summed E-state index contributed by atoms with van der Waals surface area (Å²) in [6, 6.07) is 40.6. The summed E-state index contributed by atoms with van der Waals surface area (Å²) < 4.78 is 15.7. The van der Waals surface area contributed by atoms with Crippen LogP contribution in [0.5, 0.6) is 0 Å². The molecule has 8 heteroatoms. The van der Waals surface area contributed by atoms with Crippen LogP contribution >= 0.6 is 16.1 Å². The molecule has 0 saturated carbocycles. The van der Waals surface area contributed by atoms with Crippen molar-refractivity contribution < 1.29 is 18.4 Å². The summed E-state index contributed by atoms with van der Waals surface area (Å²) in [6.07, 6.45) is -2.32. The lowest BCUT2D eigenvalue weighted by Gasteiger charge is -2.47. The van der Waals surface area contributed by atoms with E-state index < -0.39 is 50.7 Å². The Balaban J connectivity index is 1.73. The summed E-state index contributed by atoms with van der Waals surface area (Å²) in [4.78, 5) is 28.2. The number of rotatable bonds is 8. The molecule has 1 aliphatic rings. The molecule has 44 heavy (non-hydrogen) atoms. The van der Waals surface area contributed by atoms with Gasteiger partial charge >= 0.3 is 0 Å². The number of carbonyl (C=O) groups excluding carboxylic acids is 2. The molecule has 0 radical (unpaired) electrons. The van der Waals surface area contributed by atoms with Gasteiger partial charge in [0.25, 0.3) is 28.4 Å². The SMILES string of the molecule is CC(C)(C)[Si](OC1C(=O)N(Br)C(=O)C1O[Si](c1ccccc1)(c1ccccc1)C(C)(C)C)(c1ccccc1)c1ccccc1. The summed E-state index contributed by atoms with van der Waals surface area (Å²) in [7, 11) is -6.44. The van der Waals surface area contributed by atoms with Crippen LogP contribution in [-0.2, 0) is 18.4 Å².